The number of ether oxygens (including phenoxy) is 1. The van der Waals surface area contributed by atoms with Gasteiger partial charge in [0, 0.05) is 5.88 Å². The van der Waals surface area contributed by atoms with Crippen molar-refractivity contribution in [2.45, 2.75) is 5.88 Å². The highest BCUT2D eigenvalue weighted by Gasteiger charge is 2.05. The summed E-state index contributed by atoms with van der Waals surface area (Å²) in [4.78, 5) is 14.8. The Morgan fingerprint density at radius 3 is 2.50 bits per heavy atom. The van der Waals surface area contributed by atoms with Gasteiger partial charge in [0.2, 0.25) is 6.79 Å². The zero-order chi connectivity index (χ0) is 10.4. The normalized spacial score (nSPS) is 9.86. The maximum Gasteiger partial charge on any atom is 0.340 e. The summed E-state index contributed by atoms with van der Waals surface area (Å²) in [6, 6.07) is 6.64. The van der Waals surface area contributed by atoms with Crippen LogP contribution in [0.3, 0.4) is 0 Å². The Morgan fingerprint density at radius 2 is 2.00 bits per heavy atom. The molecule has 4 nitrogen and oxygen atoms in total. The highest BCUT2D eigenvalue weighted by molar-refractivity contribution is 6.17. The third-order valence-corrected chi connectivity index (χ3v) is 1.90. The fraction of sp³-hybridized carbons (Fsp3) is 0.222. The van der Waals surface area contributed by atoms with Crippen LogP contribution in [-0.4, -0.2) is 18.0 Å². The fourth-order valence-corrected chi connectivity index (χ4v) is 1.07. The number of halogens is 1. The van der Waals surface area contributed by atoms with Gasteiger partial charge in [0.25, 0.3) is 0 Å². The summed E-state index contributed by atoms with van der Waals surface area (Å²) >= 11 is 5.57. The zero-order valence-corrected chi connectivity index (χ0v) is 8.03. The van der Waals surface area contributed by atoms with E-state index in [0.29, 0.717) is 11.4 Å². The SMILES string of the molecule is O=C(OCOO)c1ccc(CCl)cc1. The molecule has 76 valence electrons. The minimum absolute atomic E-state index is 0.385. The molecule has 0 radical (unpaired) electrons. The van der Waals surface area contributed by atoms with Gasteiger partial charge in [-0.1, -0.05) is 12.1 Å². The van der Waals surface area contributed by atoms with Gasteiger partial charge in [-0.3, -0.25) is 0 Å². The van der Waals surface area contributed by atoms with Gasteiger partial charge in [-0.15, -0.1) is 11.6 Å². The van der Waals surface area contributed by atoms with Gasteiger partial charge >= 0.3 is 5.97 Å². The molecule has 0 amide bonds. The smallest absolute Gasteiger partial charge is 0.340 e. The van der Waals surface area contributed by atoms with E-state index in [-0.39, 0.29) is 0 Å². The molecule has 1 aromatic carbocycles. The second kappa shape index (κ2) is 5.59. The van der Waals surface area contributed by atoms with Crippen molar-refractivity contribution < 1.29 is 19.7 Å². The minimum Gasteiger partial charge on any atom is -0.432 e. The van der Waals surface area contributed by atoms with Crippen molar-refractivity contribution in [3.05, 3.63) is 35.4 Å². The minimum atomic E-state index is -0.555. The molecule has 1 N–H and O–H groups in total. The van der Waals surface area contributed by atoms with E-state index in [9.17, 15) is 4.79 Å². The summed E-state index contributed by atoms with van der Waals surface area (Å²) in [5, 5.41) is 7.95. The molecule has 0 aliphatic carbocycles. The molecule has 0 saturated heterocycles. The number of benzene rings is 1. The lowest BCUT2D eigenvalue weighted by Crippen LogP contribution is -2.07. The summed E-state index contributed by atoms with van der Waals surface area (Å²) in [5.74, 6) is -0.158. The van der Waals surface area contributed by atoms with E-state index in [1.54, 1.807) is 24.3 Å². The van der Waals surface area contributed by atoms with E-state index in [1.807, 2.05) is 0 Å². The Morgan fingerprint density at radius 1 is 1.36 bits per heavy atom. The highest BCUT2D eigenvalue weighted by Crippen LogP contribution is 2.07. The molecule has 0 aromatic heterocycles. The quantitative estimate of drug-likeness (QED) is 0.275. The van der Waals surface area contributed by atoms with Gasteiger partial charge in [-0.25, -0.2) is 10.1 Å². The van der Waals surface area contributed by atoms with Crippen molar-refractivity contribution in [2.75, 3.05) is 6.79 Å². The van der Waals surface area contributed by atoms with Crippen LogP contribution in [0.15, 0.2) is 24.3 Å². The van der Waals surface area contributed by atoms with Crippen LogP contribution in [0.5, 0.6) is 0 Å². The molecule has 0 aliphatic rings. The average molecular weight is 217 g/mol. The van der Waals surface area contributed by atoms with Gasteiger partial charge in [-0.05, 0) is 17.7 Å². The molecular weight excluding hydrogens is 208 g/mol. The Kier molecular flexibility index (Phi) is 4.39. The van der Waals surface area contributed by atoms with Gasteiger partial charge in [0.1, 0.15) is 0 Å². The molecule has 0 aliphatic heterocycles. The lowest BCUT2D eigenvalue weighted by atomic mass is 10.1. The Hall–Kier alpha value is -1.10. The number of esters is 1. The molecule has 1 aromatic rings. The maximum atomic E-state index is 11.2. The zero-order valence-electron chi connectivity index (χ0n) is 7.27. The van der Waals surface area contributed by atoms with Gasteiger partial charge in [0.15, 0.2) is 0 Å². The fourth-order valence-electron chi connectivity index (χ4n) is 0.893. The predicted molar refractivity (Wildman–Crippen MR) is 50.0 cm³/mol. The third kappa shape index (κ3) is 2.99. The Labute approximate surface area is 85.9 Å². The van der Waals surface area contributed by atoms with E-state index < -0.39 is 12.8 Å². The van der Waals surface area contributed by atoms with Crippen LogP contribution in [0.2, 0.25) is 0 Å². The Bertz CT molecular complexity index is 296. The van der Waals surface area contributed by atoms with Crippen molar-refractivity contribution >= 4 is 17.6 Å². The second-order valence-corrected chi connectivity index (χ2v) is 2.78. The molecule has 0 saturated carbocycles. The molecular formula is C9H9ClO4. The molecule has 0 fully saturated rings. The Balaban J connectivity index is 2.62. The molecule has 5 heteroatoms. The first-order valence-electron chi connectivity index (χ1n) is 3.86. The van der Waals surface area contributed by atoms with Crippen LogP contribution >= 0.6 is 11.6 Å². The number of rotatable bonds is 4. The van der Waals surface area contributed by atoms with Gasteiger partial charge < -0.3 is 4.74 Å². The second-order valence-electron chi connectivity index (χ2n) is 2.51. The van der Waals surface area contributed by atoms with Crippen molar-refractivity contribution in [3.63, 3.8) is 0 Å². The van der Waals surface area contributed by atoms with Crippen molar-refractivity contribution in [2.24, 2.45) is 0 Å². The average Bonchev–Trinajstić information content (AvgIpc) is 2.26. The lowest BCUT2D eigenvalue weighted by Gasteiger charge is -2.02. The van der Waals surface area contributed by atoms with Crippen LogP contribution in [-0.2, 0) is 15.5 Å². The molecule has 0 bridgehead atoms. The van der Waals surface area contributed by atoms with E-state index in [2.05, 4.69) is 9.62 Å². The lowest BCUT2D eigenvalue weighted by molar-refractivity contribution is -0.284. The molecule has 0 heterocycles. The monoisotopic (exact) mass is 216 g/mol. The van der Waals surface area contributed by atoms with Crippen LogP contribution < -0.4 is 0 Å². The summed E-state index contributed by atoms with van der Waals surface area (Å²) in [5.41, 5.74) is 1.30. The van der Waals surface area contributed by atoms with Crippen LogP contribution in [0.1, 0.15) is 15.9 Å². The van der Waals surface area contributed by atoms with Crippen LogP contribution in [0.4, 0.5) is 0 Å². The van der Waals surface area contributed by atoms with E-state index in [1.165, 1.54) is 0 Å². The topological polar surface area (TPSA) is 55.8 Å². The standard InChI is InChI=1S/C9H9ClO4/c10-5-7-1-3-8(4-2-7)9(11)13-6-14-12/h1-4,12H,5-6H2. The van der Waals surface area contributed by atoms with Crippen molar-refractivity contribution in [3.8, 4) is 0 Å². The van der Waals surface area contributed by atoms with Crippen LogP contribution in [0, 0.1) is 0 Å². The number of hydrogen-bond donors (Lipinski definition) is 1. The molecule has 1 rings (SSSR count). The van der Waals surface area contributed by atoms with Crippen LogP contribution in [0.25, 0.3) is 0 Å². The van der Waals surface area contributed by atoms with Gasteiger partial charge in [0.05, 0.1) is 5.56 Å². The molecule has 0 spiro atoms. The first-order chi connectivity index (χ1) is 6.77. The van der Waals surface area contributed by atoms with E-state index >= 15 is 0 Å². The maximum absolute atomic E-state index is 11.2. The molecule has 0 unspecified atom stereocenters. The van der Waals surface area contributed by atoms with E-state index in [4.69, 9.17) is 16.9 Å². The number of alkyl halides is 1. The largest absolute Gasteiger partial charge is 0.432 e. The summed E-state index contributed by atoms with van der Waals surface area (Å²) in [6.07, 6.45) is 0. The summed E-state index contributed by atoms with van der Waals surface area (Å²) < 4.78 is 4.51. The third-order valence-electron chi connectivity index (χ3n) is 1.59. The first-order valence-corrected chi connectivity index (χ1v) is 4.39. The van der Waals surface area contributed by atoms with Crippen molar-refractivity contribution in [1.82, 2.24) is 0 Å². The molecule has 14 heavy (non-hydrogen) atoms. The molecule has 0 atom stereocenters. The predicted octanol–water partition coefficient (Wildman–Crippen LogP) is 2.03. The number of carbonyl (C=O) groups is 1. The van der Waals surface area contributed by atoms with E-state index in [0.717, 1.165) is 5.56 Å². The number of carbonyl (C=O) groups excluding carboxylic acids is 1. The summed E-state index contributed by atoms with van der Waals surface area (Å²) in [6.45, 7) is -0.476. The first kappa shape index (κ1) is 11.0. The van der Waals surface area contributed by atoms with Crippen molar-refractivity contribution in [1.29, 1.82) is 0 Å². The number of hydrogen-bond acceptors (Lipinski definition) is 4. The summed E-state index contributed by atoms with van der Waals surface area (Å²) in [7, 11) is 0. The highest BCUT2D eigenvalue weighted by atomic mass is 35.5. The van der Waals surface area contributed by atoms with Gasteiger partial charge in [-0.2, -0.15) is 4.89 Å².